The van der Waals surface area contributed by atoms with Gasteiger partial charge in [-0.05, 0) is 6.92 Å². The van der Waals surface area contributed by atoms with Crippen LogP contribution in [0.15, 0.2) is 0 Å². The van der Waals surface area contributed by atoms with Gasteiger partial charge in [-0.3, -0.25) is 0 Å². The van der Waals surface area contributed by atoms with E-state index in [1.54, 1.807) is 11.3 Å². The van der Waals surface area contributed by atoms with Crippen LogP contribution in [0.1, 0.15) is 5.01 Å². The van der Waals surface area contributed by atoms with E-state index >= 15 is 0 Å². The summed E-state index contributed by atoms with van der Waals surface area (Å²) in [5.74, 6) is 0. The van der Waals surface area contributed by atoms with E-state index in [1.807, 2.05) is 6.92 Å². The van der Waals surface area contributed by atoms with Crippen LogP contribution < -0.4 is 5.73 Å². The highest BCUT2D eigenvalue weighted by Gasteiger charge is 2.04. The first-order valence-electron chi connectivity index (χ1n) is 2.75. The summed E-state index contributed by atoms with van der Waals surface area (Å²) in [6, 6.07) is 0. The molecule has 2 aromatic heterocycles. The zero-order valence-corrected chi connectivity index (χ0v) is 6.92. The lowest BCUT2D eigenvalue weighted by Gasteiger charge is -1.74. The van der Waals surface area contributed by atoms with Crippen molar-refractivity contribution in [2.75, 3.05) is 5.73 Å². The summed E-state index contributed by atoms with van der Waals surface area (Å²) < 4.78 is 1.12. The number of nitrogens with zero attached hydrogens (tertiary/aromatic N) is 2. The number of aromatic nitrogens is 2. The molecule has 0 unspecified atom stereocenters. The average molecular weight is 171 g/mol. The zero-order valence-electron chi connectivity index (χ0n) is 5.29. The summed E-state index contributed by atoms with van der Waals surface area (Å²) in [5.41, 5.74) is 6.26. The van der Waals surface area contributed by atoms with Crippen molar-refractivity contribution in [2.45, 2.75) is 6.92 Å². The first-order chi connectivity index (χ1) is 4.75. The predicted octanol–water partition coefficient (Wildman–Crippen LogP) is 1.64. The van der Waals surface area contributed by atoms with Gasteiger partial charge >= 0.3 is 0 Å². The van der Waals surface area contributed by atoms with Crippen molar-refractivity contribution in [1.82, 2.24) is 9.97 Å². The van der Waals surface area contributed by atoms with Gasteiger partial charge < -0.3 is 5.73 Å². The van der Waals surface area contributed by atoms with Gasteiger partial charge in [0.05, 0.1) is 5.01 Å². The van der Waals surface area contributed by atoms with Gasteiger partial charge in [0.2, 0.25) is 0 Å². The number of hydrogen-bond acceptors (Lipinski definition) is 5. The van der Waals surface area contributed by atoms with E-state index in [2.05, 4.69) is 9.97 Å². The normalized spacial score (nSPS) is 10.9. The number of aryl methyl sites for hydroxylation is 1. The van der Waals surface area contributed by atoms with Gasteiger partial charge in [0.15, 0.2) is 10.8 Å². The minimum Gasteiger partial charge on any atom is -0.375 e. The van der Waals surface area contributed by atoms with Crippen LogP contribution in [0, 0.1) is 6.92 Å². The number of anilines is 1. The Morgan fingerprint density at radius 1 is 1.30 bits per heavy atom. The molecular weight excluding hydrogens is 166 g/mol. The molecular formula is C5H5N3S2. The predicted molar refractivity (Wildman–Crippen MR) is 44.4 cm³/mol. The molecule has 2 aromatic rings. The molecule has 2 rings (SSSR count). The summed E-state index contributed by atoms with van der Waals surface area (Å²) in [4.78, 5) is 8.20. The number of fused-ring (bicyclic) bond motifs is 1. The third-order valence-corrected chi connectivity index (χ3v) is 3.02. The lowest BCUT2D eigenvalue weighted by atomic mass is 10.8. The van der Waals surface area contributed by atoms with Crippen LogP contribution in [0.2, 0.25) is 0 Å². The fourth-order valence-electron chi connectivity index (χ4n) is 0.757. The number of nitrogens with two attached hydrogens (primary N) is 1. The molecule has 0 radical (unpaired) electrons. The van der Waals surface area contributed by atoms with Crippen molar-refractivity contribution >= 4 is 37.5 Å². The van der Waals surface area contributed by atoms with E-state index < -0.39 is 0 Å². The molecule has 0 aliphatic rings. The molecule has 2 N–H and O–H groups in total. The van der Waals surface area contributed by atoms with Gasteiger partial charge in [0.25, 0.3) is 0 Å². The lowest BCUT2D eigenvalue weighted by molar-refractivity contribution is 1.29. The molecule has 0 spiro atoms. The second-order valence-corrected chi connectivity index (χ2v) is 4.39. The summed E-state index contributed by atoms with van der Waals surface area (Å²) in [5, 5.41) is 1.66. The van der Waals surface area contributed by atoms with Crippen LogP contribution in [-0.2, 0) is 0 Å². The number of nitrogen functional groups attached to an aromatic ring is 1. The van der Waals surface area contributed by atoms with Crippen LogP contribution in [0.4, 0.5) is 5.13 Å². The molecule has 0 aliphatic heterocycles. The van der Waals surface area contributed by atoms with Gasteiger partial charge in [-0.1, -0.05) is 11.3 Å². The summed E-state index contributed by atoms with van der Waals surface area (Å²) in [6.45, 7) is 1.97. The summed E-state index contributed by atoms with van der Waals surface area (Å²) in [6.07, 6.45) is 0. The monoisotopic (exact) mass is 171 g/mol. The maximum absolute atomic E-state index is 5.46. The molecule has 3 nitrogen and oxygen atoms in total. The Hall–Kier alpha value is -0.680. The van der Waals surface area contributed by atoms with Crippen LogP contribution in [0.3, 0.4) is 0 Å². The first-order valence-corrected chi connectivity index (χ1v) is 4.38. The minimum atomic E-state index is 0.605. The van der Waals surface area contributed by atoms with E-state index in [4.69, 9.17) is 5.73 Å². The average Bonchev–Trinajstić information content (AvgIpc) is 2.21. The SMILES string of the molecule is Cc1nc2nc(N)sc2s1. The van der Waals surface area contributed by atoms with E-state index in [0.29, 0.717) is 5.13 Å². The molecule has 0 fully saturated rings. The number of hydrogen-bond donors (Lipinski definition) is 1. The van der Waals surface area contributed by atoms with Crippen LogP contribution >= 0.6 is 22.7 Å². The molecule has 0 saturated heterocycles. The topological polar surface area (TPSA) is 51.8 Å². The Balaban J connectivity index is 2.83. The Labute approximate surface area is 65.5 Å². The third-order valence-electron chi connectivity index (χ3n) is 1.10. The number of rotatable bonds is 0. The van der Waals surface area contributed by atoms with Gasteiger partial charge in [-0.25, -0.2) is 4.98 Å². The smallest absolute Gasteiger partial charge is 0.183 e. The molecule has 2 heterocycles. The van der Waals surface area contributed by atoms with E-state index in [-0.39, 0.29) is 0 Å². The Bertz CT molecular complexity index is 299. The molecule has 0 aliphatic carbocycles. The summed E-state index contributed by atoms with van der Waals surface area (Å²) >= 11 is 3.13. The second kappa shape index (κ2) is 1.90. The zero-order chi connectivity index (χ0) is 7.14. The Kier molecular flexibility index (Phi) is 1.15. The lowest BCUT2D eigenvalue weighted by Crippen LogP contribution is -1.80. The second-order valence-electron chi connectivity index (χ2n) is 1.90. The molecule has 0 bridgehead atoms. The van der Waals surface area contributed by atoms with E-state index in [0.717, 1.165) is 14.7 Å². The van der Waals surface area contributed by atoms with Crippen molar-refractivity contribution in [1.29, 1.82) is 0 Å². The highest BCUT2D eigenvalue weighted by Crippen LogP contribution is 2.28. The van der Waals surface area contributed by atoms with E-state index in [9.17, 15) is 0 Å². The molecule has 0 amide bonds. The van der Waals surface area contributed by atoms with Crippen LogP contribution in [-0.4, -0.2) is 9.97 Å². The molecule has 0 aromatic carbocycles. The van der Waals surface area contributed by atoms with Crippen molar-refractivity contribution < 1.29 is 0 Å². The van der Waals surface area contributed by atoms with Gasteiger partial charge in [-0.15, -0.1) is 11.3 Å². The third kappa shape index (κ3) is 0.783. The first kappa shape index (κ1) is 6.06. The van der Waals surface area contributed by atoms with Crippen molar-refractivity contribution in [3.63, 3.8) is 0 Å². The van der Waals surface area contributed by atoms with Crippen molar-refractivity contribution in [3.8, 4) is 0 Å². The minimum absolute atomic E-state index is 0.605. The highest BCUT2D eigenvalue weighted by molar-refractivity contribution is 7.39. The molecule has 0 saturated carbocycles. The van der Waals surface area contributed by atoms with Crippen molar-refractivity contribution in [2.24, 2.45) is 0 Å². The Morgan fingerprint density at radius 2 is 2.10 bits per heavy atom. The maximum Gasteiger partial charge on any atom is 0.183 e. The van der Waals surface area contributed by atoms with Gasteiger partial charge in [0.1, 0.15) is 4.01 Å². The molecule has 5 heteroatoms. The maximum atomic E-state index is 5.46. The largest absolute Gasteiger partial charge is 0.375 e. The van der Waals surface area contributed by atoms with Gasteiger partial charge in [-0.2, -0.15) is 4.98 Å². The standard InChI is InChI=1S/C5H5N3S2/c1-2-7-3-4(9-2)10-5(6)8-3/h1H3,(H2,6,8). The van der Waals surface area contributed by atoms with Gasteiger partial charge in [0, 0.05) is 0 Å². The summed E-state index contributed by atoms with van der Waals surface area (Å²) in [7, 11) is 0. The molecule has 0 atom stereocenters. The molecule has 10 heavy (non-hydrogen) atoms. The fraction of sp³-hybridized carbons (Fsp3) is 0.200. The quantitative estimate of drug-likeness (QED) is 0.655. The van der Waals surface area contributed by atoms with E-state index in [1.165, 1.54) is 11.3 Å². The highest BCUT2D eigenvalue weighted by atomic mass is 32.2. The Morgan fingerprint density at radius 3 is 2.80 bits per heavy atom. The fourth-order valence-corrected chi connectivity index (χ4v) is 2.63. The molecule has 52 valence electrons. The number of thiazole rings is 2. The van der Waals surface area contributed by atoms with Crippen LogP contribution in [0.25, 0.3) is 9.66 Å². The van der Waals surface area contributed by atoms with Crippen LogP contribution in [0.5, 0.6) is 0 Å². The van der Waals surface area contributed by atoms with Crippen molar-refractivity contribution in [3.05, 3.63) is 5.01 Å².